The van der Waals surface area contributed by atoms with Crippen LogP contribution >= 0.6 is 12.2 Å². The van der Waals surface area contributed by atoms with E-state index < -0.39 is 17.5 Å². The Morgan fingerprint density at radius 3 is 2.50 bits per heavy atom. The Hall–Kier alpha value is -2.08. The van der Waals surface area contributed by atoms with E-state index in [1.165, 1.54) is 24.3 Å². The van der Waals surface area contributed by atoms with Crippen LogP contribution in [0.2, 0.25) is 0 Å². The van der Waals surface area contributed by atoms with Crippen molar-refractivity contribution in [2.45, 2.75) is 6.61 Å². The van der Waals surface area contributed by atoms with Crippen molar-refractivity contribution < 1.29 is 17.9 Å². The molecule has 2 nitrogen and oxygen atoms in total. The second-order valence-electron chi connectivity index (χ2n) is 4.01. The molecule has 0 saturated carbocycles. The van der Waals surface area contributed by atoms with E-state index >= 15 is 0 Å². The Kier molecular flexibility index (Phi) is 4.24. The summed E-state index contributed by atoms with van der Waals surface area (Å²) in [6, 6.07) is 7.68. The molecule has 0 radical (unpaired) electrons. The van der Waals surface area contributed by atoms with Crippen LogP contribution in [0.4, 0.5) is 13.2 Å². The molecule has 2 N–H and O–H groups in total. The molecule has 2 aromatic carbocycles. The topological polar surface area (TPSA) is 35.2 Å². The minimum atomic E-state index is -0.979. The number of ether oxygens (including phenoxy) is 1. The third kappa shape index (κ3) is 3.08. The summed E-state index contributed by atoms with van der Waals surface area (Å²) in [4.78, 5) is -0.0646. The molecule has 0 heterocycles. The lowest BCUT2D eigenvalue weighted by molar-refractivity contribution is 0.295. The molecule has 0 aliphatic carbocycles. The lowest BCUT2D eigenvalue weighted by Gasteiger charge is -2.09. The fourth-order valence-electron chi connectivity index (χ4n) is 1.61. The Labute approximate surface area is 119 Å². The zero-order chi connectivity index (χ0) is 14.7. The van der Waals surface area contributed by atoms with Crippen LogP contribution in [0.1, 0.15) is 11.1 Å². The first-order valence-electron chi connectivity index (χ1n) is 5.64. The maximum Gasteiger partial charge on any atom is 0.165 e. The first kappa shape index (κ1) is 14.3. The molecule has 0 unspecified atom stereocenters. The van der Waals surface area contributed by atoms with Gasteiger partial charge in [-0.15, -0.1) is 0 Å². The highest BCUT2D eigenvalue weighted by Gasteiger charge is 2.10. The van der Waals surface area contributed by atoms with Crippen LogP contribution in [0, 0.1) is 17.5 Å². The lowest BCUT2D eigenvalue weighted by Crippen LogP contribution is -2.11. The van der Waals surface area contributed by atoms with E-state index in [0.29, 0.717) is 0 Å². The first-order chi connectivity index (χ1) is 9.49. The number of nitrogens with two attached hydrogens (primary N) is 1. The molecule has 20 heavy (non-hydrogen) atoms. The molecule has 0 spiro atoms. The fourth-order valence-corrected chi connectivity index (χ4v) is 1.77. The maximum atomic E-state index is 13.6. The lowest BCUT2D eigenvalue weighted by atomic mass is 10.2. The van der Waals surface area contributed by atoms with Gasteiger partial charge in [-0.3, -0.25) is 0 Å². The summed E-state index contributed by atoms with van der Waals surface area (Å²) >= 11 is 4.67. The molecule has 6 heteroatoms. The number of benzene rings is 2. The predicted molar refractivity (Wildman–Crippen MR) is 73.0 cm³/mol. The van der Waals surface area contributed by atoms with E-state index in [4.69, 9.17) is 10.5 Å². The second-order valence-corrected chi connectivity index (χ2v) is 4.45. The van der Waals surface area contributed by atoms with Gasteiger partial charge < -0.3 is 10.5 Å². The Bertz CT molecular complexity index is 661. The van der Waals surface area contributed by atoms with Gasteiger partial charge in [-0.25, -0.2) is 13.2 Å². The SMILES string of the molecule is NC(=S)c1ccc(OCc2cccc(F)c2F)cc1F. The van der Waals surface area contributed by atoms with Gasteiger partial charge in [-0.1, -0.05) is 24.4 Å². The third-order valence-corrected chi connectivity index (χ3v) is 2.85. The quantitative estimate of drug-likeness (QED) is 0.879. The third-order valence-electron chi connectivity index (χ3n) is 2.63. The number of halogens is 3. The summed E-state index contributed by atoms with van der Waals surface area (Å²) in [5.41, 5.74) is 5.47. The summed E-state index contributed by atoms with van der Waals surface area (Å²) in [5.74, 6) is -2.39. The van der Waals surface area contributed by atoms with E-state index in [-0.39, 0.29) is 28.5 Å². The van der Waals surface area contributed by atoms with Gasteiger partial charge in [0, 0.05) is 17.2 Å². The first-order valence-corrected chi connectivity index (χ1v) is 6.05. The molecule has 0 amide bonds. The van der Waals surface area contributed by atoms with Crippen molar-refractivity contribution in [3.8, 4) is 5.75 Å². The van der Waals surface area contributed by atoms with E-state index in [1.807, 2.05) is 0 Å². The Morgan fingerprint density at radius 1 is 1.10 bits per heavy atom. The van der Waals surface area contributed by atoms with E-state index in [1.54, 1.807) is 0 Å². The molecular weight excluding hydrogens is 287 g/mol. The predicted octanol–water partition coefficient (Wildman–Crippen LogP) is 3.32. The van der Waals surface area contributed by atoms with E-state index in [2.05, 4.69) is 12.2 Å². The second kappa shape index (κ2) is 5.92. The van der Waals surface area contributed by atoms with Gasteiger partial charge in [0.1, 0.15) is 23.2 Å². The average Bonchev–Trinajstić information content (AvgIpc) is 2.40. The minimum Gasteiger partial charge on any atom is -0.489 e. The summed E-state index contributed by atoms with van der Waals surface area (Å²) < 4.78 is 45.2. The highest BCUT2D eigenvalue weighted by Crippen LogP contribution is 2.19. The van der Waals surface area contributed by atoms with Crippen LogP contribution < -0.4 is 10.5 Å². The Morgan fingerprint density at radius 2 is 1.85 bits per heavy atom. The number of thiocarbonyl (C=S) groups is 1. The minimum absolute atomic E-state index is 0.0452. The van der Waals surface area contributed by atoms with Gasteiger partial charge in [0.15, 0.2) is 11.6 Å². The summed E-state index contributed by atoms with van der Waals surface area (Å²) in [6.07, 6.45) is 0. The highest BCUT2D eigenvalue weighted by atomic mass is 32.1. The van der Waals surface area contributed by atoms with Crippen molar-refractivity contribution in [2.75, 3.05) is 0 Å². The molecule has 0 aliphatic heterocycles. The number of hydrogen-bond acceptors (Lipinski definition) is 2. The normalized spacial score (nSPS) is 10.3. The standard InChI is InChI=1S/C14H10F3NOS/c15-11-3-1-2-8(13(11)17)7-19-9-4-5-10(14(18)20)12(16)6-9/h1-6H,7H2,(H2,18,20). The molecule has 0 fully saturated rings. The number of rotatable bonds is 4. The average molecular weight is 297 g/mol. The molecule has 0 aliphatic rings. The van der Waals surface area contributed by atoms with Gasteiger partial charge in [0.2, 0.25) is 0 Å². The molecule has 0 atom stereocenters. The van der Waals surface area contributed by atoms with Crippen molar-refractivity contribution in [3.05, 3.63) is 65.0 Å². The molecular formula is C14H10F3NOS. The van der Waals surface area contributed by atoms with Gasteiger partial charge in [-0.2, -0.15) is 0 Å². The van der Waals surface area contributed by atoms with Crippen molar-refractivity contribution in [1.29, 1.82) is 0 Å². The maximum absolute atomic E-state index is 13.6. The van der Waals surface area contributed by atoms with Gasteiger partial charge >= 0.3 is 0 Å². The highest BCUT2D eigenvalue weighted by molar-refractivity contribution is 7.80. The van der Waals surface area contributed by atoms with Gasteiger partial charge in [-0.05, 0) is 18.2 Å². The van der Waals surface area contributed by atoms with Gasteiger partial charge in [0.05, 0.1) is 0 Å². The summed E-state index contributed by atoms with van der Waals surface area (Å²) in [5, 5.41) is 0. The van der Waals surface area contributed by atoms with E-state index in [0.717, 1.165) is 12.1 Å². The van der Waals surface area contributed by atoms with E-state index in [9.17, 15) is 13.2 Å². The zero-order valence-electron chi connectivity index (χ0n) is 10.2. The molecule has 0 aromatic heterocycles. The largest absolute Gasteiger partial charge is 0.489 e. The molecule has 0 saturated heterocycles. The van der Waals surface area contributed by atoms with Crippen LogP contribution in [0.3, 0.4) is 0 Å². The zero-order valence-corrected chi connectivity index (χ0v) is 11.0. The van der Waals surface area contributed by atoms with Crippen LogP contribution in [0.5, 0.6) is 5.75 Å². The van der Waals surface area contributed by atoms with Crippen molar-refractivity contribution >= 4 is 17.2 Å². The number of hydrogen-bond donors (Lipinski definition) is 1. The molecule has 2 aromatic rings. The molecule has 2 rings (SSSR count). The van der Waals surface area contributed by atoms with Crippen LogP contribution in [-0.4, -0.2) is 4.99 Å². The molecule has 0 bridgehead atoms. The monoisotopic (exact) mass is 297 g/mol. The van der Waals surface area contributed by atoms with Crippen molar-refractivity contribution in [3.63, 3.8) is 0 Å². The van der Waals surface area contributed by atoms with Crippen molar-refractivity contribution in [1.82, 2.24) is 0 Å². The van der Waals surface area contributed by atoms with Crippen LogP contribution in [0.15, 0.2) is 36.4 Å². The summed E-state index contributed by atoms with van der Waals surface area (Å²) in [7, 11) is 0. The Balaban J connectivity index is 2.13. The van der Waals surface area contributed by atoms with Crippen LogP contribution in [0.25, 0.3) is 0 Å². The van der Waals surface area contributed by atoms with Crippen molar-refractivity contribution in [2.24, 2.45) is 5.73 Å². The fraction of sp³-hybridized carbons (Fsp3) is 0.0714. The van der Waals surface area contributed by atoms with Crippen LogP contribution in [-0.2, 0) is 6.61 Å². The summed E-state index contributed by atoms with van der Waals surface area (Å²) in [6.45, 7) is -0.213. The molecule has 104 valence electrons. The smallest absolute Gasteiger partial charge is 0.165 e. The van der Waals surface area contributed by atoms with Gasteiger partial charge in [0.25, 0.3) is 0 Å².